The van der Waals surface area contributed by atoms with Crippen LogP contribution in [0.2, 0.25) is 0 Å². The van der Waals surface area contributed by atoms with Crippen LogP contribution in [0.5, 0.6) is 0 Å². The lowest BCUT2D eigenvalue weighted by molar-refractivity contribution is 0.0932. The molecule has 1 saturated carbocycles. The van der Waals surface area contributed by atoms with Crippen LogP contribution in [-0.2, 0) is 0 Å². The van der Waals surface area contributed by atoms with Gasteiger partial charge in [0.05, 0.1) is 11.1 Å². The third-order valence-corrected chi connectivity index (χ3v) is 3.93. The fourth-order valence-electron chi connectivity index (χ4n) is 1.56. The first-order valence-electron chi connectivity index (χ1n) is 5.21. The minimum absolute atomic E-state index is 0.132. The highest BCUT2D eigenvalue weighted by molar-refractivity contribution is 9.09. The second kappa shape index (κ2) is 4.17. The summed E-state index contributed by atoms with van der Waals surface area (Å²) in [5.74, 6) is -0.786. The Morgan fingerprint density at radius 2 is 2.25 bits per heavy atom. The molecule has 0 aliphatic heterocycles. The van der Waals surface area contributed by atoms with E-state index in [-0.39, 0.29) is 17.0 Å². The van der Waals surface area contributed by atoms with Crippen LogP contribution in [0.4, 0.5) is 4.39 Å². The zero-order chi connectivity index (χ0) is 11.8. The van der Waals surface area contributed by atoms with Crippen molar-refractivity contribution in [3.8, 4) is 0 Å². The van der Waals surface area contributed by atoms with Crippen LogP contribution in [0.3, 0.4) is 0 Å². The third-order valence-electron chi connectivity index (χ3n) is 2.85. The molecule has 0 atom stereocenters. The smallest absolute Gasteiger partial charge is 0.254 e. The Balaban J connectivity index is 2.17. The molecule has 0 unspecified atom stereocenters. The monoisotopic (exact) mass is 285 g/mol. The van der Waals surface area contributed by atoms with Gasteiger partial charge < -0.3 is 5.32 Å². The lowest BCUT2D eigenvalue weighted by atomic mass is 10.1. The van der Waals surface area contributed by atoms with E-state index in [4.69, 9.17) is 0 Å². The third kappa shape index (κ3) is 2.26. The lowest BCUT2D eigenvalue weighted by Crippen LogP contribution is -2.38. The Labute approximate surface area is 102 Å². The van der Waals surface area contributed by atoms with Crippen LogP contribution in [0.25, 0.3) is 0 Å². The number of halogens is 2. The van der Waals surface area contributed by atoms with Crippen molar-refractivity contribution in [2.75, 3.05) is 5.33 Å². The maximum atomic E-state index is 13.4. The Morgan fingerprint density at radius 1 is 1.56 bits per heavy atom. The van der Waals surface area contributed by atoms with E-state index in [9.17, 15) is 9.18 Å². The van der Waals surface area contributed by atoms with E-state index in [0.29, 0.717) is 0 Å². The van der Waals surface area contributed by atoms with Gasteiger partial charge >= 0.3 is 0 Å². The molecule has 1 aromatic carbocycles. The predicted octanol–water partition coefficient (Wildman–Crippen LogP) is 2.79. The summed E-state index contributed by atoms with van der Waals surface area (Å²) in [7, 11) is 0. The molecule has 2 rings (SSSR count). The summed E-state index contributed by atoms with van der Waals surface area (Å²) >= 11 is 3.36. The Kier molecular flexibility index (Phi) is 3.02. The molecular weight excluding hydrogens is 273 g/mol. The number of benzene rings is 1. The minimum atomic E-state index is -0.464. The summed E-state index contributed by atoms with van der Waals surface area (Å²) in [5.41, 5.74) is 0.871. The predicted molar refractivity (Wildman–Crippen MR) is 64.4 cm³/mol. The molecule has 0 bridgehead atoms. The molecule has 0 saturated heterocycles. The maximum Gasteiger partial charge on any atom is 0.254 e. The first kappa shape index (κ1) is 11.6. The SMILES string of the molecule is Cc1ccc(F)c(C(=O)NC2(CBr)CC2)c1. The molecule has 0 spiro atoms. The molecule has 1 N–H and O–H groups in total. The van der Waals surface area contributed by atoms with Crippen molar-refractivity contribution in [1.29, 1.82) is 0 Å². The van der Waals surface area contributed by atoms with Crippen LogP contribution in [0, 0.1) is 12.7 Å². The standard InChI is InChI=1S/C12H13BrFNO/c1-8-2-3-10(14)9(6-8)11(16)15-12(7-13)4-5-12/h2-3,6H,4-5,7H2,1H3,(H,15,16). The number of amides is 1. The Morgan fingerprint density at radius 3 is 2.81 bits per heavy atom. The summed E-state index contributed by atoms with van der Waals surface area (Å²) in [6.45, 7) is 1.84. The van der Waals surface area contributed by atoms with Crippen molar-refractivity contribution < 1.29 is 9.18 Å². The second-order valence-corrected chi connectivity index (χ2v) is 4.91. The van der Waals surface area contributed by atoms with Crippen molar-refractivity contribution in [1.82, 2.24) is 5.32 Å². The van der Waals surface area contributed by atoms with E-state index in [1.165, 1.54) is 6.07 Å². The molecular formula is C12H13BrFNO. The molecule has 0 heterocycles. The van der Waals surface area contributed by atoms with Gasteiger partial charge in [0.25, 0.3) is 5.91 Å². The fourth-order valence-corrected chi connectivity index (χ4v) is 2.27. The van der Waals surface area contributed by atoms with Crippen molar-refractivity contribution in [2.24, 2.45) is 0 Å². The number of aryl methyl sites for hydroxylation is 1. The molecule has 1 amide bonds. The zero-order valence-electron chi connectivity index (χ0n) is 9.02. The van der Waals surface area contributed by atoms with E-state index < -0.39 is 5.82 Å². The fraction of sp³-hybridized carbons (Fsp3) is 0.417. The van der Waals surface area contributed by atoms with Gasteiger partial charge in [-0.25, -0.2) is 4.39 Å². The Bertz CT molecular complexity index is 429. The van der Waals surface area contributed by atoms with Crippen LogP contribution >= 0.6 is 15.9 Å². The molecule has 2 nitrogen and oxygen atoms in total. The topological polar surface area (TPSA) is 29.1 Å². The summed E-state index contributed by atoms with van der Waals surface area (Å²) < 4.78 is 13.4. The van der Waals surface area contributed by atoms with Gasteiger partial charge in [-0.2, -0.15) is 0 Å². The molecule has 4 heteroatoms. The minimum Gasteiger partial charge on any atom is -0.346 e. The summed E-state index contributed by atoms with van der Waals surface area (Å²) in [5, 5.41) is 3.60. The van der Waals surface area contributed by atoms with E-state index in [2.05, 4.69) is 21.2 Å². The number of hydrogen-bond acceptors (Lipinski definition) is 1. The largest absolute Gasteiger partial charge is 0.346 e. The van der Waals surface area contributed by atoms with Crippen LogP contribution in [-0.4, -0.2) is 16.8 Å². The number of carbonyl (C=O) groups is 1. The van der Waals surface area contributed by atoms with E-state index >= 15 is 0 Å². The highest BCUT2D eigenvalue weighted by atomic mass is 79.9. The van der Waals surface area contributed by atoms with Gasteiger partial charge in [-0.15, -0.1) is 0 Å². The van der Waals surface area contributed by atoms with Gasteiger partial charge in [0.1, 0.15) is 5.82 Å². The molecule has 1 aliphatic rings. The van der Waals surface area contributed by atoms with E-state index in [0.717, 1.165) is 23.7 Å². The highest BCUT2D eigenvalue weighted by Crippen LogP contribution is 2.37. The van der Waals surface area contributed by atoms with Crippen molar-refractivity contribution >= 4 is 21.8 Å². The van der Waals surface area contributed by atoms with Crippen LogP contribution in [0.15, 0.2) is 18.2 Å². The number of hydrogen-bond donors (Lipinski definition) is 1. The lowest BCUT2D eigenvalue weighted by Gasteiger charge is -2.14. The molecule has 16 heavy (non-hydrogen) atoms. The average molecular weight is 286 g/mol. The van der Waals surface area contributed by atoms with E-state index in [1.807, 2.05) is 6.92 Å². The van der Waals surface area contributed by atoms with Gasteiger partial charge in [-0.05, 0) is 31.9 Å². The maximum absolute atomic E-state index is 13.4. The first-order chi connectivity index (χ1) is 7.56. The number of rotatable bonds is 3. The zero-order valence-corrected chi connectivity index (χ0v) is 10.6. The van der Waals surface area contributed by atoms with Gasteiger partial charge in [-0.1, -0.05) is 27.6 Å². The number of nitrogens with one attached hydrogen (secondary N) is 1. The van der Waals surface area contributed by atoms with Gasteiger partial charge in [0.15, 0.2) is 0 Å². The van der Waals surface area contributed by atoms with Crippen molar-refractivity contribution in [2.45, 2.75) is 25.3 Å². The first-order valence-corrected chi connectivity index (χ1v) is 6.33. The molecule has 0 radical (unpaired) electrons. The van der Waals surface area contributed by atoms with Gasteiger partial charge in [-0.3, -0.25) is 4.79 Å². The van der Waals surface area contributed by atoms with Gasteiger partial charge in [0.2, 0.25) is 0 Å². The molecule has 0 aromatic heterocycles. The van der Waals surface area contributed by atoms with Gasteiger partial charge in [0, 0.05) is 5.33 Å². The molecule has 1 aliphatic carbocycles. The molecule has 1 fully saturated rings. The highest BCUT2D eigenvalue weighted by Gasteiger charge is 2.43. The molecule has 1 aromatic rings. The Hall–Kier alpha value is -0.900. The molecule has 86 valence electrons. The van der Waals surface area contributed by atoms with Crippen LogP contribution < -0.4 is 5.32 Å². The number of alkyl halides is 1. The average Bonchev–Trinajstić information content (AvgIpc) is 3.02. The van der Waals surface area contributed by atoms with Crippen LogP contribution in [0.1, 0.15) is 28.8 Å². The summed E-state index contributed by atoms with van der Waals surface area (Å²) in [6.07, 6.45) is 1.91. The summed E-state index contributed by atoms with van der Waals surface area (Å²) in [4.78, 5) is 11.9. The normalized spacial score (nSPS) is 16.9. The summed E-state index contributed by atoms with van der Waals surface area (Å²) in [6, 6.07) is 4.57. The quantitative estimate of drug-likeness (QED) is 0.851. The van der Waals surface area contributed by atoms with E-state index in [1.54, 1.807) is 12.1 Å². The van der Waals surface area contributed by atoms with Crippen molar-refractivity contribution in [3.05, 3.63) is 35.1 Å². The number of carbonyl (C=O) groups excluding carboxylic acids is 1. The van der Waals surface area contributed by atoms with Crippen molar-refractivity contribution in [3.63, 3.8) is 0 Å². The second-order valence-electron chi connectivity index (χ2n) is 4.35.